The molecule has 1 aliphatic rings. The van der Waals surface area contributed by atoms with Crippen LogP contribution in [-0.4, -0.2) is 49.6 Å². The number of likely N-dealkylation sites (N-methyl/N-ethyl adjacent to an activating group) is 1. The van der Waals surface area contributed by atoms with Crippen LogP contribution in [-0.2, 0) is 9.53 Å². The summed E-state index contributed by atoms with van der Waals surface area (Å²) in [4.78, 5) is 25.9. The number of rotatable bonds is 6. The molecule has 0 aromatic carbocycles. The molecule has 19 heavy (non-hydrogen) atoms. The Bertz CT molecular complexity index is 425. The standard InChI is InChI=1S/C13H19N3O3/c1-4-19-13(17)11-5-6-12(9-14-18)16(10-11)8-7-15(2)3/h5-6,9-10H,4,7-8H2,1-3H3. The minimum atomic E-state index is -0.369. The fraction of sp³-hybridized carbons (Fsp3) is 0.462. The lowest BCUT2D eigenvalue weighted by Crippen LogP contribution is -2.29. The number of hydrogen-bond acceptors (Lipinski definition) is 6. The predicted octanol–water partition coefficient (Wildman–Crippen LogP) is 1.47. The SMILES string of the molecule is CCOC(=O)C1=CN(CCN(C)C)C(=CN=O)C=C1. The Morgan fingerprint density at radius 3 is 2.79 bits per heavy atom. The zero-order chi connectivity index (χ0) is 14.3. The fourth-order valence-corrected chi connectivity index (χ4v) is 1.56. The summed E-state index contributed by atoms with van der Waals surface area (Å²) in [5.74, 6) is -0.369. The molecule has 0 radical (unpaired) electrons. The maximum Gasteiger partial charge on any atom is 0.339 e. The van der Waals surface area contributed by atoms with E-state index in [9.17, 15) is 9.70 Å². The van der Waals surface area contributed by atoms with Gasteiger partial charge in [0.05, 0.1) is 24.1 Å². The largest absolute Gasteiger partial charge is 0.462 e. The number of esters is 1. The molecule has 0 spiro atoms. The molecule has 0 aromatic heterocycles. The zero-order valence-corrected chi connectivity index (χ0v) is 11.5. The second kappa shape index (κ2) is 7.48. The Balaban J connectivity index is 2.84. The Morgan fingerprint density at radius 1 is 1.47 bits per heavy atom. The Kier molecular flexibility index (Phi) is 5.95. The maximum absolute atomic E-state index is 11.7. The van der Waals surface area contributed by atoms with Crippen molar-refractivity contribution in [2.75, 3.05) is 33.8 Å². The first-order chi connectivity index (χ1) is 9.08. The molecule has 0 N–H and O–H groups in total. The van der Waals surface area contributed by atoms with E-state index in [1.54, 1.807) is 25.3 Å². The summed E-state index contributed by atoms with van der Waals surface area (Å²) >= 11 is 0. The highest BCUT2D eigenvalue weighted by Crippen LogP contribution is 2.18. The van der Waals surface area contributed by atoms with Crippen LogP contribution in [0.4, 0.5) is 0 Å². The number of carbonyl (C=O) groups excluding carboxylic acids is 1. The van der Waals surface area contributed by atoms with Crippen molar-refractivity contribution in [3.05, 3.63) is 40.7 Å². The molecule has 6 heteroatoms. The topological polar surface area (TPSA) is 62.2 Å². The third-order valence-corrected chi connectivity index (χ3v) is 2.54. The van der Waals surface area contributed by atoms with Crippen LogP contribution >= 0.6 is 0 Å². The second-order valence-corrected chi connectivity index (χ2v) is 4.29. The summed E-state index contributed by atoms with van der Waals surface area (Å²) in [6, 6.07) is 0. The molecular weight excluding hydrogens is 246 g/mol. The molecule has 6 nitrogen and oxygen atoms in total. The van der Waals surface area contributed by atoms with Gasteiger partial charge in [0.15, 0.2) is 0 Å². The third kappa shape index (κ3) is 4.67. The minimum absolute atomic E-state index is 0.334. The van der Waals surface area contributed by atoms with Gasteiger partial charge in [-0.25, -0.2) is 4.79 Å². The van der Waals surface area contributed by atoms with Gasteiger partial charge >= 0.3 is 5.97 Å². The third-order valence-electron chi connectivity index (χ3n) is 2.54. The lowest BCUT2D eigenvalue weighted by atomic mass is 10.1. The molecule has 0 saturated carbocycles. The maximum atomic E-state index is 11.7. The van der Waals surface area contributed by atoms with Crippen molar-refractivity contribution in [1.82, 2.24) is 9.80 Å². The number of ether oxygens (including phenoxy) is 1. The first kappa shape index (κ1) is 15.1. The van der Waals surface area contributed by atoms with E-state index < -0.39 is 0 Å². The molecular formula is C13H19N3O3. The van der Waals surface area contributed by atoms with Gasteiger partial charge in [-0.3, -0.25) is 0 Å². The Hall–Kier alpha value is -1.95. The van der Waals surface area contributed by atoms with Crippen molar-refractivity contribution < 1.29 is 9.53 Å². The molecule has 1 heterocycles. The van der Waals surface area contributed by atoms with Gasteiger partial charge in [0.2, 0.25) is 0 Å². The monoisotopic (exact) mass is 265 g/mol. The Labute approximate surface area is 113 Å². The second-order valence-electron chi connectivity index (χ2n) is 4.29. The van der Waals surface area contributed by atoms with Crippen LogP contribution in [0.2, 0.25) is 0 Å². The van der Waals surface area contributed by atoms with Crippen LogP contribution in [0.25, 0.3) is 0 Å². The Morgan fingerprint density at radius 2 is 2.21 bits per heavy atom. The van der Waals surface area contributed by atoms with Crippen LogP contribution < -0.4 is 0 Å². The average molecular weight is 265 g/mol. The van der Waals surface area contributed by atoms with Crippen molar-refractivity contribution in [2.45, 2.75) is 6.92 Å². The van der Waals surface area contributed by atoms with E-state index in [-0.39, 0.29) is 5.97 Å². The van der Waals surface area contributed by atoms with Gasteiger partial charge in [0.25, 0.3) is 0 Å². The molecule has 0 fully saturated rings. The molecule has 0 saturated heterocycles. The predicted molar refractivity (Wildman–Crippen MR) is 73.0 cm³/mol. The number of hydrogen-bond donors (Lipinski definition) is 0. The molecule has 0 amide bonds. The van der Waals surface area contributed by atoms with E-state index in [1.807, 2.05) is 23.9 Å². The normalized spacial score (nSPS) is 16.7. The number of allylic oxidation sites excluding steroid dienone is 1. The summed E-state index contributed by atoms with van der Waals surface area (Å²) in [5, 5.41) is 2.78. The molecule has 0 atom stereocenters. The smallest absolute Gasteiger partial charge is 0.339 e. The van der Waals surface area contributed by atoms with Gasteiger partial charge < -0.3 is 14.5 Å². The van der Waals surface area contributed by atoms with E-state index in [0.29, 0.717) is 24.4 Å². The summed E-state index contributed by atoms with van der Waals surface area (Å²) in [6.45, 7) is 3.54. The summed E-state index contributed by atoms with van der Waals surface area (Å²) in [7, 11) is 3.91. The van der Waals surface area contributed by atoms with Gasteiger partial charge in [0.1, 0.15) is 0 Å². The van der Waals surface area contributed by atoms with E-state index in [4.69, 9.17) is 4.74 Å². The van der Waals surface area contributed by atoms with E-state index >= 15 is 0 Å². The van der Waals surface area contributed by atoms with Gasteiger partial charge in [-0.1, -0.05) is 0 Å². The first-order valence-electron chi connectivity index (χ1n) is 6.09. The molecule has 0 aliphatic carbocycles. The highest BCUT2D eigenvalue weighted by atomic mass is 16.5. The first-order valence-corrected chi connectivity index (χ1v) is 6.09. The van der Waals surface area contributed by atoms with Crippen molar-refractivity contribution >= 4 is 5.97 Å². The molecule has 0 bridgehead atoms. The van der Waals surface area contributed by atoms with Crippen LogP contribution in [0, 0.1) is 4.91 Å². The van der Waals surface area contributed by atoms with Crippen molar-refractivity contribution in [3.8, 4) is 0 Å². The van der Waals surface area contributed by atoms with Crippen LogP contribution in [0.3, 0.4) is 0 Å². The highest BCUT2D eigenvalue weighted by molar-refractivity contribution is 5.92. The zero-order valence-electron chi connectivity index (χ0n) is 11.5. The summed E-state index contributed by atoms with van der Waals surface area (Å²) in [5.41, 5.74) is 1.12. The number of carbonyl (C=O) groups is 1. The van der Waals surface area contributed by atoms with Crippen LogP contribution in [0.5, 0.6) is 0 Å². The summed E-state index contributed by atoms with van der Waals surface area (Å²) < 4.78 is 4.95. The van der Waals surface area contributed by atoms with E-state index in [0.717, 1.165) is 6.54 Å². The van der Waals surface area contributed by atoms with E-state index in [2.05, 4.69) is 5.18 Å². The van der Waals surface area contributed by atoms with Crippen LogP contribution in [0.15, 0.2) is 41.0 Å². The molecule has 0 unspecified atom stereocenters. The van der Waals surface area contributed by atoms with Gasteiger partial charge in [0, 0.05) is 19.3 Å². The minimum Gasteiger partial charge on any atom is -0.462 e. The number of nitroso groups, excluding NO2 is 1. The fourth-order valence-electron chi connectivity index (χ4n) is 1.56. The molecule has 0 aromatic rings. The van der Waals surface area contributed by atoms with Gasteiger partial charge in [-0.05, 0) is 38.3 Å². The number of nitrogens with zero attached hydrogens (tertiary/aromatic N) is 3. The summed E-state index contributed by atoms with van der Waals surface area (Å²) in [6.07, 6.45) is 6.22. The highest BCUT2D eigenvalue weighted by Gasteiger charge is 2.16. The van der Waals surface area contributed by atoms with Gasteiger partial charge in [-0.15, -0.1) is 4.91 Å². The van der Waals surface area contributed by atoms with Crippen molar-refractivity contribution in [1.29, 1.82) is 0 Å². The van der Waals surface area contributed by atoms with Gasteiger partial charge in [-0.2, -0.15) is 0 Å². The van der Waals surface area contributed by atoms with Crippen molar-refractivity contribution in [3.63, 3.8) is 0 Å². The van der Waals surface area contributed by atoms with Crippen LogP contribution in [0.1, 0.15) is 6.92 Å². The quantitative estimate of drug-likeness (QED) is 0.537. The lowest BCUT2D eigenvalue weighted by Gasteiger charge is -2.26. The molecule has 1 rings (SSSR count). The molecule has 1 aliphatic heterocycles. The molecule has 104 valence electrons. The average Bonchev–Trinajstić information content (AvgIpc) is 2.38. The van der Waals surface area contributed by atoms with Crippen molar-refractivity contribution in [2.24, 2.45) is 5.18 Å². The van der Waals surface area contributed by atoms with E-state index in [1.165, 1.54) is 6.20 Å². The lowest BCUT2D eigenvalue weighted by molar-refractivity contribution is -0.138.